The van der Waals surface area contributed by atoms with Crippen molar-refractivity contribution in [3.8, 4) is 0 Å². The minimum absolute atomic E-state index is 0.0540. The molecule has 0 spiro atoms. The van der Waals surface area contributed by atoms with Crippen molar-refractivity contribution in [1.82, 2.24) is 5.32 Å². The fourth-order valence-electron chi connectivity index (χ4n) is 2.44. The van der Waals surface area contributed by atoms with Crippen LogP contribution in [-0.4, -0.2) is 14.3 Å². The molecule has 28 heavy (non-hydrogen) atoms. The molecule has 0 unspecified atom stereocenters. The highest BCUT2D eigenvalue weighted by molar-refractivity contribution is 7.92. The normalized spacial score (nSPS) is 11.1. The molecule has 0 aromatic heterocycles. The summed E-state index contributed by atoms with van der Waals surface area (Å²) in [6, 6.07) is 18.0. The molecule has 0 saturated carbocycles. The Kier molecular flexibility index (Phi) is 5.96. The third kappa shape index (κ3) is 4.88. The van der Waals surface area contributed by atoms with Gasteiger partial charge in [0.05, 0.1) is 15.6 Å². The van der Waals surface area contributed by atoms with Gasteiger partial charge in [-0.1, -0.05) is 41.9 Å². The number of carbonyl (C=O) groups is 1. The average Bonchev–Trinajstić information content (AvgIpc) is 2.69. The van der Waals surface area contributed by atoms with E-state index in [2.05, 4.69) is 10.0 Å². The van der Waals surface area contributed by atoms with E-state index in [0.29, 0.717) is 6.54 Å². The molecule has 0 atom stereocenters. The van der Waals surface area contributed by atoms with Crippen molar-refractivity contribution in [2.75, 3.05) is 4.72 Å². The summed E-state index contributed by atoms with van der Waals surface area (Å²) >= 11 is 6.07. The van der Waals surface area contributed by atoms with Crippen LogP contribution in [0.1, 0.15) is 15.9 Å². The monoisotopic (exact) mass is 418 g/mol. The first-order valence-electron chi connectivity index (χ1n) is 8.25. The molecular weight excluding hydrogens is 403 g/mol. The maximum Gasteiger partial charge on any atom is 0.261 e. The predicted octanol–water partition coefficient (Wildman–Crippen LogP) is 4.21. The number of nitrogens with one attached hydrogen (secondary N) is 2. The van der Waals surface area contributed by atoms with Crippen LogP contribution >= 0.6 is 11.6 Å². The van der Waals surface area contributed by atoms with Crippen molar-refractivity contribution < 1.29 is 17.6 Å². The largest absolute Gasteiger partial charge is 0.348 e. The summed E-state index contributed by atoms with van der Waals surface area (Å²) in [6.45, 7) is 0.332. The lowest BCUT2D eigenvalue weighted by Gasteiger charge is -2.12. The first-order valence-corrected chi connectivity index (χ1v) is 10.1. The van der Waals surface area contributed by atoms with Gasteiger partial charge in [-0.2, -0.15) is 0 Å². The van der Waals surface area contributed by atoms with Gasteiger partial charge in [0.2, 0.25) is 0 Å². The van der Waals surface area contributed by atoms with Gasteiger partial charge in [0, 0.05) is 12.1 Å². The van der Waals surface area contributed by atoms with E-state index in [9.17, 15) is 17.6 Å². The van der Waals surface area contributed by atoms with Gasteiger partial charge in [-0.05, 0) is 48.0 Å². The number of amides is 1. The number of halogens is 2. The lowest BCUT2D eigenvalue weighted by molar-refractivity contribution is 0.0951. The maximum absolute atomic E-state index is 13.0. The highest BCUT2D eigenvalue weighted by atomic mass is 35.5. The van der Waals surface area contributed by atoms with E-state index in [1.165, 1.54) is 18.2 Å². The van der Waals surface area contributed by atoms with E-state index in [0.717, 1.165) is 29.8 Å². The summed E-state index contributed by atoms with van der Waals surface area (Å²) in [6.07, 6.45) is 0. The molecule has 0 aliphatic carbocycles. The zero-order valence-corrected chi connectivity index (χ0v) is 16.1. The lowest BCUT2D eigenvalue weighted by Crippen LogP contribution is -2.23. The molecule has 0 aliphatic rings. The van der Waals surface area contributed by atoms with Gasteiger partial charge >= 0.3 is 0 Å². The third-order valence-electron chi connectivity index (χ3n) is 3.89. The Hall–Kier alpha value is -2.90. The molecule has 0 fully saturated rings. The van der Waals surface area contributed by atoms with Gasteiger partial charge in [-0.25, -0.2) is 12.8 Å². The number of benzene rings is 3. The van der Waals surface area contributed by atoms with E-state index < -0.39 is 15.8 Å². The fraction of sp³-hybridized carbons (Fsp3) is 0.0500. The zero-order chi connectivity index (χ0) is 20.1. The fourth-order valence-corrected chi connectivity index (χ4v) is 3.73. The van der Waals surface area contributed by atoms with Crippen LogP contribution in [0.3, 0.4) is 0 Å². The zero-order valence-electron chi connectivity index (χ0n) is 14.5. The molecular formula is C20H16ClFN2O3S. The molecule has 144 valence electrons. The Labute approximate surface area is 167 Å². The molecule has 8 heteroatoms. The van der Waals surface area contributed by atoms with Crippen LogP contribution in [0.4, 0.5) is 10.1 Å². The van der Waals surface area contributed by atoms with Crippen molar-refractivity contribution in [1.29, 1.82) is 0 Å². The Balaban J connectivity index is 1.77. The first-order chi connectivity index (χ1) is 13.3. The SMILES string of the molecule is O=C(NCc1ccccc1)c1ccc(Cl)c(NS(=O)(=O)c2ccc(F)cc2)c1. The molecule has 3 rings (SSSR count). The second-order valence-corrected chi connectivity index (χ2v) is 8.01. The van der Waals surface area contributed by atoms with Gasteiger partial charge in [0.15, 0.2) is 0 Å². The van der Waals surface area contributed by atoms with Gasteiger partial charge in [0.1, 0.15) is 5.82 Å². The number of hydrogen-bond donors (Lipinski definition) is 2. The molecule has 0 saturated heterocycles. The topological polar surface area (TPSA) is 75.3 Å². The number of sulfonamides is 1. The lowest BCUT2D eigenvalue weighted by atomic mass is 10.1. The average molecular weight is 419 g/mol. The molecule has 3 aromatic rings. The molecule has 5 nitrogen and oxygen atoms in total. The quantitative estimate of drug-likeness (QED) is 0.629. The Morgan fingerprint density at radius 1 is 0.964 bits per heavy atom. The Morgan fingerprint density at radius 2 is 1.64 bits per heavy atom. The van der Waals surface area contributed by atoms with Crippen LogP contribution in [0.2, 0.25) is 5.02 Å². The van der Waals surface area contributed by atoms with Gasteiger partial charge in [0.25, 0.3) is 15.9 Å². The van der Waals surface area contributed by atoms with E-state index in [1.54, 1.807) is 0 Å². The van der Waals surface area contributed by atoms with Crippen LogP contribution in [0.5, 0.6) is 0 Å². The van der Waals surface area contributed by atoms with Crippen LogP contribution in [0.15, 0.2) is 77.7 Å². The Bertz CT molecular complexity index is 1090. The predicted molar refractivity (Wildman–Crippen MR) is 106 cm³/mol. The van der Waals surface area contributed by atoms with Crippen molar-refractivity contribution in [2.24, 2.45) is 0 Å². The summed E-state index contributed by atoms with van der Waals surface area (Å²) in [5.41, 5.74) is 1.23. The van der Waals surface area contributed by atoms with E-state index in [4.69, 9.17) is 11.6 Å². The number of anilines is 1. The molecule has 3 aromatic carbocycles. The van der Waals surface area contributed by atoms with Crippen molar-refractivity contribution in [3.63, 3.8) is 0 Å². The molecule has 0 aliphatic heterocycles. The van der Waals surface area contributed by atoms with E-state index in [-0.39, 0.29) is 27.1 Å². The van der Waals surface area contributed by atoms with Crippen LogP contribution in [-0.2, 0) is 16.6 Å². The summed E-state index contributed by atoms with van der Waals surface area (Å²) in [5.74, 6) is -0.920. The van der Waals surface area contributed by atoms with Crippen molar-refractivity contribution in [3.05, 3.63) is 94.8 Å². The smallest absolute Gasteiger partial charge is 0.261 e. The van der Waals surface area contributed by atoms with Crippen molar-refractivity contribution in [2.45, 2.75) is 11.4 Å². The molecule has 2 N–H and O–H groups in total. The van der Waals surface area contributed by atoms with Gasteiger partial charge in [-0.3, -0.25) is 9.52 Å². The molecule has 0 bridgehead atoms. The van der Waals surface area contributed by atoms with Crippen LogP contribution < -0.4 is 10.0 Å². The third-order valence-corrected chi connectivity index (χ3v) is 5.60. The van der Waals surface area contributed by atoms with Gasteiger partial charge in [-0.15, -0.1) is 0 Å². The maximum atomic E-state index is 13.0. The summed E-state index contributed by atoms with van der Waals surface area (Å²) < 4.78 is 40.3. The van der Waals surface area contributed by atoms with Crippen molar-refractivity contribution >= 4 is 33.2 Å². The minimum atomic E-state index is -3.98. The van der Waals surface area contributed by atoms with E-state index in [1.807, 2.05) is 30.3 Å². The second-order valence-electron chi connectivity index (χ2n) is 5.92. The minimum Gasteiger partial charge on any atom is -0.348 e. The van der Waals surface area contributed by atoms with Gasteiger partial charge < -0.3 is 5.32 Å². The summed E-state index contributed by atoms with van der Waals surface area (Å²) in [4.78, 5) is 12.3. The number of carbonyl (C=O) groups excluding carboxylic acids is 1. The highest BCUT2D eigenvalue weighted by Crippen LogP contribution is 2.26. The number of rotatable bonds is 6. The molecule has 0 radical (unpaired) electrons. The molecule has 0 heterocycles. The highest BCUT2D eigenvalue weighted by Gasteiger charge is 2.17. The van der Waals surface area contributed by atoms with Crippen LogP contribution in [0, 0.1) is 5.82 Å². The number of hydrogen-bond acceptors (Lipinski definition) is 3. The second kappa shape index (κ2) is 8.41. The summed E-state index contributed by atoms with van der Waals surface area (Å²) in [5, 5.41) is 2.89. The summed E-state index contributed by atoms with van der Waals surface area (Å²) in [7, 11) is -3.98. The van der Waals surface area contributed by atoms with E-state index >= 15 is 0 Å². The van der Waals surface area contributed by atoms with Crippen LogP contribution in [0.25, 0.3) is 0 Å². The Morgan fingerprint density at radius 3 is 2.32 bits per heavy atom. The first kappa shape index (κ1) is 19.9. The standard InChI is InChI=1S/C20H16ClFN2O3S/c21-18-11-6-15(20(25)23-13-14-4-2-1-3-5-14)12-19(18)24-28(26,27)17-9-7-16(22)8-10-17/h1-12,24H,13H2,(H,23,25). The molecule has 1 amide bonds.